The summed E-state index contributed by atoms with van der Waals surface area (Å²) in [5.41, 5.74) is 8.58. The lowest BCUT2D eigenvalue weighted by molar-refractivity contribution is 0.566. The van der Waals surface area contributed by atoms with E-state index in [4.69, 9.17) is 5.73 Å². The fraction of sp³-hybridized carbons (Fsp3) is 0.250. The van der Waals surface area contributed by atoms with Crippen molar-refractivity contribution in [2.24, 2.45) is 0 Å². The average Bonchev–Trinajstić information content (AvgIpc) is 2.43. The number of nitrogens with two attached hydrogens (primary N) is 1. The van der Waals surface area contributed by atoms with E-state index in [0.29, 0.717) is 11.3 Å². The van der Waals surface area contributed by atoms with Gasteiger partial charge in [-0.2, -0.15) is 0 Å². The number of nitrogen functional groups attached to an aromatic ring is 1. The first-order valence-corrected chi connectivity index (χ1v) is 8.24. The van der Waals surface area contributed by atoms with E-state index in [1.165, 1.54) is 0 Å². The molecule has 0 spiro atoms. The Balaban J connectivity index is 2.38. The third kappa shape index (κ3) is 3.25. The molecule has 5 heteroatoms. The topological polar surface area (TPSA) is 72.2 Å². The Morgan fingerprint density at radius 3 is 2.19 bits per heavy atom. The lowest BCUT2D eigenvalue weighted by atomic mass is 10.1. The second kappa shape index (κ2) is 5.87. The largest absolute Gasteiger partial charge is 0.397 e. The summed E-state index contributed by atoms with van der Waals surface area (Å²) in [7, 11) is -3.67. The van der Waals surface area contributed by atoms with E-state index < -0.39 is 10.0 Å². The van der Waals surface area contributed by atoms with E-state index in [1.807, 2.05) is 43.3 Å². The van der Waals surface area contributed by atoms with Crippen LogP contribution >= 0.6 is 0 Å². The molecule has 0 heterocycles. The molecule has 4 nitrogen and oxygen atoms in total. The van der Waals surface area contributed by atoms with Crippen LogP contribution in [0.2, 0.25) is 0 Å². The van der Waals surface area contributed by atoms with Crippen LogP contribution in [0.25, 0.3) is 0 Å². The molecule has 3 N–H and O–H groups in total. The number of hydrogen-bond donors (Lipinski definition) is 2. The molecule has 2 aromatic rings. The molecule has 0 aliphatic heterocycles. The SMILES string of the molecule is Cc1ccc(C)c(S(=O)(=O)N[C@H](C)c2ccccc2)c1N. The number of hydrogen-bond acceptors (Lipinski definition) is 3. The van der Waals surface area contributed by atoms with E-state index in [0.717, 1.165) is 11.1 Å². The number of benzene rings is 2. The van der Waals surface area contributed by atoms with E-state index >= 15 is 0 Å². The standard InChI is InChI=1S/C16H20N2O2S/c1-11-9-10-12(2)16(15(11)17)21(19,20)18-13(3)14-7-5-4-6-8-14/h4-10,13,18H,17H2,1-3H3/t13-/m1/s1. The van der Waals surface area contributed by atoms with Gasteiger partial charge in [0.25, 0.3) is 0 Å². The van der Waals surface area contributed by atoms with Gasteiger partial charge in [-0.1, -0.05) is 42.5 Å². The second-order valence-corrected chi connectivity index (χ2v) is 6.85. The predicted octanol–water partition coefficient (Wildman–Crippen LogP) is 2.93. The first kappa shape index (κ1) is 15.5. The Labute approximate surface area is 126 Å². The molecular formula is C16H20N2O2S. The van der Waals surface area contributed by atoms with E-state index in [1.54, 1.807) is 19.9 Å². The minimum Gasteiger partial charge on any atom is -0.397 e. The maximum absolute atomic E-state index is 12.6. The molecule has 0 aliphatic rings. The van der Waals surface area contributed by atoms with Gasteiger partial charge in [0.15, 0.2) is 0 Å². The summed E-state index contributed by atoms with van der Waals surface area (Å²) in [6.45, 7) is 5.36. The van der Waals surface area contributed by atoms with E-state index in [-0.39, 0.29) is 10.9 Å². The Kier molecular flexibility index (Phi) is 4.34. The molecule has 21 heavy (non-hydrogen) atoms. The number of anilines is 1. The monoisotopic (exact) mass is 304 g/mol. The Morgan fingerprint density at radius 2 is 1.57 bits per heavy atom. The van der Waals surface area contributed by atoms with Crippen molar-refractivity contribution in [2.45, 2.75) is 31.7 Å². The normalized spacial score (nSPS) is 13.1. The molecular weight excluding hydrogens is 284 g/mol. The van der Waals surface area contributed by atoms with Crippen LogP contribution in [-0.2, 0) is 10.0 Å². The van der Waals surface area contributed by atoms with Crippen LogP contribution in [0.3, 0.4) is 0 Å². The number of nitrogens with one attached hydrogen (secondary N) is 1. The van der Waals surface area contributed by atoms with Gasteiger partial charge in [0.05, 0.1) is 5.69 Å². The Hall–Kier alpha value is -1.85. The van der Waals surface area contributed by atoms with Crippen molar-refractivity contribution < 1.29 is 8.42 Å². The average molecular weight is 304 g/mol. The Morgan fingerprint density at radius 1 is 1.00 bits per heavy atom. The molecule has 2 aromatic carbocycles. The molecule has 2 rings (SSSR count). The Bertz CT molecular complexity index is 740. The van der Waals surface area contributed by atoms with Crippen LogP contribution in [-0.4, -0.2) is 8.42 Å². The fourth-order valence-corrected chi connectivity index (χ4v) is 3.93. The smallest absolute Gasteiger partial charge is 0.243 e. The maximum atomic E-state index is 12.6. The second-order valence-electron chi connectivity index (χ2n) is 5.20. The summed E-state index contributed by atoms with van der Waals surface area (Å²) in [5.74, 6) is 0. The number of sulfonamides is 1. The lowest BCUT2D eigenvalue weighted by Gasteiger charge is -2.18. The van der Waals surface area contributed by atoms with Crippen molar-refractivity contribution in [1.82, 2.24) is 4.72 Å². The van der Waals surface area contributed by atoms with Crippen LogP contribution in [0.4, 0.5) is 5.69 Å². The van der Waals surface area contributed by atoms with E-state index in [9.17, 15) is 8.42 Å². The molecule has 0 aromatic heterocycles. The summed E-state index contributed by atoms with van der Waals surface area (Å²) < 4.78 is 27.9. The van der Waals surface area contributed by atoms with Crippen LogP contribution in [0.5, 0.6) is 0 Å². The van der Waals surface area contributed by atoms with Gasteiger partial charge in [0.1, 0.15) is 4.90 Å². The molecule has 112 valence electrons. The van der Waals surface area contributed by atoms with E-state index in [2.05, 4.69) is 4.72 Å². The van der Waals surface area contributed by atoms with Crippen LogP contribution < -0.4 is 10.5 Å². The first-order chi connectivity index (χ1) is 9.83. The summed E-state index contributed by atoms with van der Waals surface area (Å²) in [6.07, 6.45) is 0. The minimum atomic E-state index is -3.67. The zero-order chi connectivity index (χ0) is 15.6. The third-order valence-corrected chi connectivity index (χ3v) is 5.25. The summed E-state index contributed by atoms with van der Waals surface area (Å²) >= 11 is 0. The maximum Gasteiger partial charge on any atom is 0.243 e. The van der Waals surface area contributed by atoms with Crippen LogP contribution in [0.15, 0.2) is 47.4 Å². The molecule has 1 atom stereocenters. The minimum absolute atomic E-state index is 0.172. The molecule has 0 unspecified atom stereocenters. The molecule has 0 amide bonds. The van der Waals surface area contributed by atoms with Crippen molar-refractivity contribution in [3.05, 3.63) is 59.2 Å². The summed E-state index contributed by atoms with van der Waals surface area (Å²) in [5, 5.41) is 0. The highest BCUT2D eigenvalue weighted by molar-refractivity contribution is 7.89. The van der Waals surface area contributed by atoms with Gasteiger partial charge in [-0.15, -0.1) is 0 Å². The molecule has 0 bridgehead atoms. The highest BCUT2D eigenvalue weighted by Crippen LogP contribution is 2.27. The van der Waals surface area contributed by atoms with Gasteiger partial charge < -0.3 is 5.73 Å². The van der Waals surface area contributed by atoms with Crippen LogP contribution in [0.1, 0.15) is 29.7 Å². The molecule has 0 radical (unpaired) electrons. The number of aryl methyl sites for hydroxylation is 2. The third-order valence-electron chi connectivity index (χ3n) is 3.51. The molecule has 0 saturated carbocycles. The molecule has 0 aliphatic carbocycles. The zero-order valence-corrected chi connectivity index (χ0v) is 13.2. The molecule has 0 saturated heterocycles. The van der Waals surface area contributed by atoms with Crippen molar-refractivity contribution in [2.75, 3.05) is 5.73 Å². The quantitative estimate of drug-likeness (QED) is 0.853. The fourth-order valence-electron chi connectivity index (χ4n) is 2.27. The highest BCUT2D eigenvalue weighted by Gasteiger charge is 2.23. The van der Waals surface area contributed by atoms with Crippen molar-refractivity contribution >= 4 is 15.7 Å². The van der Waals surface area contributed by atoms with Crippen molar-refractivity contribution in [1.29, 1.82) is 0 Å². The zero-order valence-electron chi connectivity index (χ0n) is 12.4. The molecule has 0 fully saturated rings. The highest BCUT2D eigenvalue weighted by atomic mass is 32.2. The van der Waals surface area contributed by atoms with Crippen molar-refractivity contribution in [3.8, 4) is 0 Å². The first-order valence-electron chi connectivity index (χ1n) is 6.76. The van der Waals surface area contributed by atoms with Gasteiger partial charge in [0, 0.05) is 6.04 Å². The van der Waals surface area contributed by atoms with Gasteiger partial charge in [-0.3, -0.25) is 0 Å². The van der Waals surface area contributed by atoms with Gasteiger partial charge in [0.2, 0.25) is 10.0 Å². The van der Waals surface area contributed by atoms with Crippen molar-refractivity contribution in [3.63, 3.8) is 0 Å². The lowest BCUT2D eigenvalue weighted by Crippen LogP contribution is -2.28. The van der Waals surface area contributed by atoms with Gasteiger partial charge >= 0.3 is 0 Å². The van der Waals surface area contributed by atoms with Crippen LogP contribution in [0, 0.1) is 13.8 Å². The summed E-state index contributed by atoms with van der Waals surface area (Å²) in [6, 6.07) is 12.7. The summed E-state index contributed by atoms with van der Waals surface area (Å²) in [4.78, 5) is 0.172. The number of rotatable bonds is 4. The van der Waals surface area contributed by atoms with Gasteiger partial charge in [-0.05, 0) is 37.5 Å². The van der Waals surface area contributed by atoms with Gasteiger partial charge in [-0.25, -0.2) is 13.1 Å². The predicted molar refractivity (Wildman–Crippen MR) is 85.5 cm³/mol.